The topological polar surface area (TPSA) is 68.3 Å². The van der Waals surface area contributed by atoms with Crippen molar-refractivity contribution >= 4 is 67.4 Å². The fourth-order valence-electron chi connectivity index (χ4n) is 2.26. The van der Waals surface area contributed by atoms with E-state index < -0.39 is 31.8 Å². The minimum absolute atomic E-state index is 0.130. The van der Waals surface area contributed by atoms with Gasteiger partial charge < -0.3 is 0 Å². The van der Waals surface area contributed by atoms with Gasteiger partial charge in [-0.15, -0.1) is 0 Å². The average molecular weight is 320 g/mol. The molecule has 1 aliphatic carbocycles. The van der Waals surface area contributed by atoms with E-state index in [0.717, 1.165) is 0 Å². The average Bonchev–Trinajstić information content (AvgIpc) is 2.58. The van der Waals surface area contributed by atoms with E-state index in [0.29, 0.717) is 0 Å². The monoisotopic (exact) mass is 318 g/mol. The van der Waals surface area contributed by atoms with Gasteiger partial charge in [0.2, 0.25) is 21.0 Å². The van der Waals surface area contributed by atoms with Crippen LogP contribution in [-0.4, -0.2) is 21.0 Å². The summed E-state index contributed by atoms with van der Waals surface area (Å²) in [5.41, 5.74) is -4.32. The molecular formula is C9H6Cl4O4. The Morgan fingerprint density at radius 3 is 1.06 bits per heavy atom. The zero-order valence-electron chi connectivity index (χ0n) is 8.27. The molecule has 0 bridgehead atoms. The standard InChI is InChI=1S/C9H6Cl4O4/c10-4(14)8(5(11)15)2-1-3-9(8,6(12)16)7(13)17/h1-3H2. The van der Waals surface area contributed by atoms with Gasteiger partial charge in [-0.2, -0.15) is 0 Å². The van der Waals surface area contributed by atoms with Crippen molar-refractivity contribution in [3.8, 4) is 0 Å². The fourth-order valence-corrected chi connectivity index (χ4v) is 3.73. The van der Waals surface area contributed by atoms with Gasteiger partial charge in [0.25, 0.3) is 0 Å². The van der Waals surface area contributed by atoms with E-state index in [-0.39, 0.29) is 19.3 Å². The van der Waals surface area contributed by atoms with Gasteiger partial charge in [0, 0.05) is 0 Å². The van der Waals surface area contributed by atoms with Crippen LogP contribution in [0.4, 0.5) is 0 Å². The molecule has 0 unspecified atom stereocenters. The summed E-state index contributed by atoms with van der Waals surface area (Å²) in [5.74, 6) is 0. The van der Waals surface area contributed by atoms with E-state index in [4.69, 9.17) is 46.4 Å². The zero-order valence-corrected chi connectivity index (χ0v) is 11.3. The van der Waals surface area contributed by atoms with Gasteiger partial charge in [0.1, 0.15) is 10.8 Å². The summed E-state index contributed by atoms with van der Waals surface area (Å²) < 4.78 is 0. The molecule has 17 heavy (non-hydrogen) atoms. The second-order valence-corrected chi connectivity index (χ2v) is 5.13. The molecule has 1 fully saturated rings. The lowest BCUT2D eigenvalue weighted by Gasteiger charge is -2.34. The van der Waals surface area contributed by atoms with Crippen LogP contribution in [0.5, 0.6) is 0 Å². The van der Waals surface area contributed by atoms with Gasteiger partial charge in [0.15, 0.2) is 0 Å². The molecule has 1 saturated carbocycles. The molecule has 0 aliphatic heterocycles. The Balaban J connectivity index is 3.58. The van der Waals surface area contributed by atoms with Crippen molar-refractivity contribution in [2.45, 2.75) is 19.3 Å². The summed E-state index contributed by atoms with van der Waals surface area (Å²) in [4.78, 5) is 45.9. The first-order chi connectivity index (χ1) is 7.73. The lowest BCUT2D eigenvalue weighted by molar-refractivity contribution is -0.150. The van der Waals surface area contributed by atoms with Crippen LogP contribution in [0.1, 0.15) is 19.3 Å². The van der Waals surface area contributed by atoms with Crippen LogP contribution in [0.15, 0.2) is 0 Å². The number of carbonyl (C=O) groups excluding carboxylic acids is 4. The number of halogens is 4. The first kappa shape index (κ1) is 14.9. The number of hydrogen-bond donors (Lipinski definition) is 0. The second kappa shape index (κ2) is 4.84. The Morgan fingerprint density at radius 2 is 0.882 bits per heavy atom. The van der Waals surface area contributed by atoms with Crippen LogP contribution in [0.3, 0.4) is 0 Å². The molecule has 0 heterocycles. The summed E-state index contributed by atoms with van der Waals surface area (Å²) in [6.45, 7) is 0. The molecule has 0 saturated heterocycles. The number of rotatable bonds is 4. The summed E-state index contributed by atoms with van der Waals surface area (Å²) in [6.07, 6.45) is -0.0446. The third-order valence-electron chi connectivity index (χ3n) is 3.17. The lowest BCUT2D eigenvalue weighted by Crippen LogP contribution is -2.53. The molecule has 94 valence electrons. The zero-order chi connectivity index (χ0) is 13.4. The van der Waals surface area contributed by atoms with Gasteiger partial charge >= 0.3 is 0 Å². The molecule has 0 amide bonds. The highest BCUT2D eigenvalue weighted by Crippen LogP contribution is 2.57. The molecule has 4 nitrogen and oxygen atoms in total. The molecule has 1 rings (SSSR count). The molecule has 0 aromatic rings. The van der Waals surface area contributed by atoms with Crippen molar-refractivity contribution in [3.63, 3.8) is 0 Å². The van der Waals surface area contributed by atoms with Crippen LogP contribution in [0.2, 0.25) is 0 Å². The summed E-state index contributed by atoms with van der Waals surface area (Å²) in [6, 6.07) is 0. The molecule has 0 aromatic carbocycles. The summed E-state index contributed by atoms with van der Waals surface area (Å²) in [7, 11) is 0. The first-order valence-corrected chi connectivity index (χ1v) is 6.04. The Kier molecular flexibility index (Phi) is 4.24. The van der Waals surface area contributed by atoms with E-state index in [2.05, 4.69) is 0 Å². The number of carbonyl (C=O) groups is 4. The van der Waals surface area contributed by atoms with Gasteiger partial charge in [-0.05, 0) is 59.2 Å². The predicted octanol–water partition coefficient (Wildman–Crippen LogP) is 2.20. The molecular weight excluding hydrogens is 314 g/mol. The maximum atomic E-state index is 11.5. The fraction of sp³-hybridized carbons (Fsp3) is 0.556. The van der Waals surface area contributed by atoms with Crippen molar-refractivity contribution in [3.05, 3.63) is 0 Å². The third-order valence-corrected chi connectivity index (χ3v) is 4.46. The highest BCUT2D eigenvalue weighted by Gasteiger charge is 2.70. The Morgan fingerprint density at radius 1 is 0.647 bits per heavy atom. The molecule has 0 aromatic heterocycles. The van der Waals surface area contributed by atoms with Crippen molar-refractivity contribution in [2.75, 3.05) is 0 Å². The Bertz CT molecular complexity index is 351. The Hall–Kier alpha value is -0.160. The van der Waals surface area contributed by atoms with Gasteiger partial charge in [-0.1, -0.05) is 6.42 Å². The molecule has 8 heteroatoms. The molecule has 0 spiro atoms. The van der Waals surface area contributed by atoms with E-state index in [1.807, 2.05) is 0 Å². The van der Waals surface area contributed by atoms with Crippen LogP contribution >= 0.6 is 46.4 Å². The van der Waals surface area contributed by atoms with Gasteiger partial charge in [0.05, 0.1) is 0 Å². The highest BCUT2D eigenvalue weighted by molar-refractivity contribution is 6.80. The normalized spacial score (nSPS) is 20.9. The molecule has 0 radical (unpaired) electrons. The van der Waals surface area contributed by atoms with Crippen molar-refractivity contribution < 1.29 is 19.2 Å². The largest absolute Gasteiger partial charge is 0.280 e. The van der Waals surface area contributed by atoms with E-state index in [9.17, 15) is 19.2 Å². The van der Waals surface area contributed by atoms with E-state index in [1.54, 1.807) is 0 Å². The van der Waals surface area contributed by atoms with Crippen LogP contribution < -0.4 is 0 Å². The smallest absolute Gasteiger partial charge is 0.238 e. The maximum Gasteiger partial charge on any atom is 0.238 e. The van der Waals surface area contributed by atoms with Crippen LogP contribution in [0.25, 0.3) is 0 Å². The molecule has 1 aliphatic rings. The predicted molar refractivity (Wildman–Crippen MR) is 62.2 cm³/mol. The highest BCUT2D eigenvalue weighted by atomic mass is 35.5. The molecule has 0 atom stereocenters. The minimum atomic E-state index is -2.16. The van der Waals surface area contributed by atoms with Crippen LogP contribution in [-0.2, 0) is 19.2 Å². The molecule has 0 N–H and O–H groups in total. The van der Waals surface area contributed by atoms with Crippen molar-refractivity contribution in [1.82, 2.24) is 0 Å². The van der Waals surface area contributed by atoms with Crippen molar-refractivity contribution in [2.24, 2.45) is 10.8 Å². The van der Waals surface area contributed by atoms with Gasteiger partial charge in [-0.25, -0.2) is 0 Å². The van der Waals surface area contributed by atoms with Gasteiger partial charge in [-0.3, -0.25) is 19.2 Å². The number of hydrogen-bond acceptors (Lipinski definition) is 4. The minimum Gasteiger partial charge on any atom is -0.280 e. The van der Waals surface area contributed by atoms with E-state index >= 15 is 0 Å². The van der Waals surface area contributed by atoms with Crippen molar-refractivity contribution in [1.29, 1.82) is 0 Å². The summed E-state index contributed by atoms with van der Waals surface area (Å²) >= 11 is 21.4. The Labute approximate surface area is 117 Å². The SMILES string of the molecule is O=C(Cl)C1(C(=O)Cl)CCCC1(C(=O)Cl)C(=O)Cl. The third kappa shape index (κ3) is 1.82. The van der Waals surface area contributed by atoms with Crippen LogP contribution in [0, 0.1) is 10.8 Å². The van der Waals surface area contributed by atoms with E-state index in [1.165, 1.54) is 0 Å². The second-order valence-electron chi connectivity index (χ2n) is 3.76. The maximum absolute atomic E-state index is 11.5. The quantitative estimate of drug-likeness (QED) is 0.588. The lowest BCUT2D eigenvalue weighted by atomic mass is 9.68. The summed E-state index contributed by atoms with van der Waals surface area (Å²) in [5, 5.41) is -4.79. The first-order valence-electron chi connectivity index (χ1n) is 4.53.